The van der Waals surface area contributed by atoms with E-state index in [1.54, 1.807) is 89.8 Å². The number of hydrogen-bond donors (Lipinski definition) is 10. The van der Waals surface area contributed by atoms with Crippen LogP contribution in [0.15, 0.2) is 93.6 Å². The van der Waals surface area contributed by atoms with Gasteiger partial charge in [0.15, 0.2) is 11.7 Å². The molecule has 1 saturated carbocycles. The number of nitrogens with zero attached hydrogens (tertiary/aromatic N) is 8. The number of carboxylic acid groups (broad SMARTS) is 1. The van der Waals surface area contributed by atoms with Gasteiger partial charge in [0.1, 0.15) is 76.7 Å². The lowest BCUT2D eigenvalue weighted by Gasteiger charge is -2.29. The molecule has 1 saturated heterocycles. The van der Waals surface area contributed by atoms with Crippen LogP contribution in [-0.2, 0) is 20.8 Å². The van der Waals surface area contributed by atoms with Crippen molar-refractivity contribution >= 4 is 115 Å². The molecule has 7 atom stereocenters. The number of aromatic nitrogens is 7. The molecule has 2 fully saturated rings. The third-order valence-electron chi connectivity index (χ3n) is 17.0. The van der Waals surface area contributed by atoms with Crippen LogP contribution in [0.4, 0.5) is 0 Å². The van der Waals surface area contributed by atoms with Gasteiger partial charge >= 0.3 is 5.97 Å². The summed E-state index contributed by atoms with van der Waals surface area (Å²) in [6, 6.07) is 15.9. The highest BCUT2D eigenvalue weighted by Crippen LogP contribution is 2.44. The van der Waals surface area contributed by atoms with Gasteiger partial charge in [-0.15, -0.1) is 68.0 Å². The molecule has 3 aliphatic rings. The summed E-state index contributed by atoms with van der Waals surface area (Å²) in [5.41, 5.74) is 14.5. The highest BCUT2D eigenvalue weighted by Gasteiger charge is 2.46. The van der Waals surface area contributed by atoms with Crippen LogP contribution < -0.4 is 37.5 Å². The van der Waals surface area contributed by atoms with Gasteiger partial charge in [-0.2, -0.15) is 0 Å². The van der Waals surface area contributed by atoms with E-state index in [1.807, 2.05) is 12.3 Å². The molecule has 0 unspecified atom stereocenters. The number of ether oxygens (including phenoxy) is 1. The third kappa shape index (κ3) is 15.5. The quantitative estimate of drug-likeness (QED) is 0.0263. The number of Topliss-reactive ketones (excluding diaryl/α,β-unsaturated/α-hetero) is 1. The zero-order valence-corrected chi connectivity index (χ0v) is 56.9. The average molecular weight is 1420 g/mol. The maximum Gasteiger partial charge on any atom is 0.306 e. The number of rotatable bonds is 15. The molecule has 12 rings (SSSR count). The summed E-state index contributed by atoms with van der Waals surface area (Å²) in [4.78, 5) is 133. The van der Waals surface area contributed by atoms with E-state index in [9.17, 15) is 44.1 Å². The number of ketones is 1. The molecule has 2 aliphatic heterocycles. The minimum atomic E-state index is -1.31. The van der Waals surface area contributed by atoms with E-state index in [0.29, 0.717) is 115 Å². The van der Waals surface area contributed by atoms with Crippen LogP contribution in [-0.4, -0.2) is 140 Å². The minimum Gasteiger partial charge on any atom is -0.494 e. The third-order valence-corrected chi connectivity index (χ3v) is 22.6. The Morgan fingerprint density at radius 2 is 1.39 bits per heavy atom. The molecule has 0 radical (unpaired) electrons. The van der Waals surface area contributed by atoms with Crippen molar-refractivity contribution in [2.45, 2.75) is 108 Å². The van der Waals surface area contributed by atoms with Gasteiger partial charge in [0.25, 0.3) is 17.7 Å². The smallest absolute Gasteiger partial charge is 0.306 e. The fourth-order valence-corrected chi connectivity index (χ4v) is 17.3. The van der Waals surface area contributed by atoms with E-state index in [2.05, 4.69) is 26.3 Å². The van der Waals surface area contributed by atoms with E-state index in [1.165, 1.54) is 44.3 Å². The predicted octanol–water partition coefficient (Wildman–Crippen LogP) is 8.09. The molecule has 502 valence electrons. The number of primary amides is 1. The number of benzene rings is 2. The molecule has 1 aliphatic carbocycles. The molecular formula is C65H65N15O11S6. The number of carbonyl (C=O) groups excluding carboxylic acids is 6. The predicted molar refractivity (Wildman–Crippen MR) is 367 cm³/mol. The molecule has 9 heterocycles. The molecule has 9 aromatic rings. The van der Waals surface area contributed by atoms with Gasteiger partial charge in [-0.1, -0.05) is 49.4 Å². The number of aryl methyl sites for hydroxylation is 1. The van der Waals surface area contributed by atoms with Crippen molar-refractivity contribution in [2.24, 2.45) is 23.3 Å². The Balaban J connectivity index is 0.916. The summed E-state index contributed by atoms with van der Waals surface area (Å²) in [5.74, 6) is -6.05. The van der Waals surface area contributed by atoms with Crippen molar-refractivity contribution < 1.29 is 53.6 Å². The summed E-state index contributed by atoms with van der Waals surface area (Å²) in [6.07, 6.45) is -0.549. The summed E-state index contributed by atoms with van der Waals surface area (Å²) in [7, 11) is 0. The van der Waals surface area contributed by atoms with Crippen LogP contribution in [0.25, 0.3) is 43.4 Å². The molecule has 7 aromatic heterocycles. The summed E-state index contributed by atoms with van der Waals surface area (Å²) in [6.45, 7) is 4.17. The SMILES string of the molecule is Cc1sc2nc1C(=O)C[C@@H]([C@H](O)c1ccccc1)c1nc(cs1)C(=O)N[C@@H](Cc1ccc(OCCCNC(=N)N)cc1)C(=O)N1C[C@H](O)[C@H](C)[C@H]1c1nc(cs1)-c1nc(cs1)-c1nc(-c3nc(C(=O)NC4CCC(C(=O)O)CC4)cs3)ccc1-c1nc(cs1)C(=O)N[C@H]2CC(N)=O. The van der Waals surface area contributed by atoms with Gasteiger partial charge in [0, 0.05) is 81.1 Å². The van der Waals surface area contributed by atoms with Gasteiger partial charge < -0.3 is 57.7 Å². The maximum absolute atomic E-state index is 15.5. The van der Waals surface area contributed by atoms with Gasteiger partial charge in [-0.05, 0) is 74.4 Å². The zero-order valence-electron chi connectivity index (χ0n) is 52.0. The molecule has 2 aromatic carbocycles. The highest BCUT2D eigenvalue weighted by molar-refractivity contribution is 7.15. The second-order valence-corrected chi connectivity index (χ2v) is 29.3. The number of hydrogen-bond acceptors (Lipinski definition) is 24. The first-order chi connectivity index (χ1) is 46.7. The van der Waals surface area contributed by atoms with Crippen LogP contribution in [0.2, 0.25) is 0 Å². The lowest BCUT2D eigenvalue weighted by Crippen LogP contribution is -2.50. The minimum absolute atomic E-state index is 0.0111. The largest absolute Gasteiger partial charge is 0.494 e. The number of carbonyl (C=O) groups is 7. The lowest BCUT2D eigenvalue weighted by molar-refractivity contribution is -0.143. The second-order valence-electron chi connectivity index (χ2n) is 23.7. The number of guanidine groups is 1. The number of carboxylic acids is 1. The molecular weight excluding hydrogens is 1360 g/mol. The van der Waals surface area contributed by atoms with E-state index in [0.717, 1.165) is 34.0 Å². The van der Waals surface area contributed by atoms with Crippen LogP contribution >= 0.6 is 68.0 Å². The van der Waals surface area contributed by atoms with Gasteiger partial charge in [-0.25, -0.2) is 34.9 Å². The molecule has 5 amide bonds. The van der Waals surface area contributed by atoms with Crippen LogP contribution in [0, 0.1) is 24.2 Å². The Morgan fingerprint density at radius 3 is 2.13 bits per heavy atom. The van der Waals surface area contributed by atoms with Crippen molar-refractivity contribution in [1.29, 1.82) is 5.41 Å². The van der Waals surface area contributed by atoms with Crippen molar-refractivity contribution in [3.63, 3.8) is 0 Å². The Hall–Kier alpha value is -9.15. The van der Waals surface area contributed by atoms with Gasteiger partial charge in [0.2, 0.25) is 11.8 Å². The zero-order chi connectivity index (χ0) is 68.2. The van der Waals surface area contributed by atoms with E-state index in [4.69, 9.17) is 51.5 Å². The Labute approximate surface area is 578 Å². The molecule has 12 N–H and O–H groups in total. The normalized spacial score (nSPS) is 21.0. The summed E-state index contributed by atoms with van der Waals surface area (Å²) >= 11 is 7.02. The molecule has 10 bridgehead atoms. The second kappa shape index (κ2) is 29.7. The monoisotopic (exact) mass is 1420 g/mol. The first-order valence-electron chi connectivity index (χ1n) is 31.0. The maximum atomic E-state index is 15.5. The fourth-order valence-electron chi connectivity index (χ4n) is 11.9. The van der Waals surface area contributed by atoms with Crippen molar-refractivity contribution in [3.05, 3.63) is 147 Å². The number of nitrogens with two attached hydrogens (primary N) is 2. The topological polar surface area (TPSA) is 407 Å². The van der Waals surface area contributed by atoms with Crippen LogP contribution in [0.3, 0.4) is 0 Å². The number of aliphatic hydroxyl groups excluding tert-OH is 2. The lowest BCUT2D eigenvalue weighted by atomic mass is 9.86. The van der Waals surface area contributed by atoms with Crippen LogP contribution in [0.1, 0.15) is 149 Å². The highest BCUT2D eigenvalue weighted by atomic mass is 32.1. The number of nitrogens with one attached hydrogen (secondary N) is 5. The molecule has 0 spiro atoms. The number of fused-ring (bicyclic) bond motifs is 16. The molecule has 26 nitrogen and oxygen atoms in total. The van der Waals surface area contributed by atoms with E-state index < -0.39 is 95.8 Å². The number of amides is 5. The summed E-state index contributed by atoms with van der Waals surface area (Å²) in [5, 5.41) is 62.7. The molecule has 32 heteroatoms. The van der Waals surface area contributed by atoms with E-state index >= 15 is 4.79 Å². The first kappa shape index (κ1) is 67.8. The van der Waals surface area contributed by atoms with Gasteiger partial charge in [0.05, 0.1) is 53.9 Å². The summed E-state index contributed by atoms with van der Waals surface area (Å²) < 4.78 is 5.93. The van der Waals surface area contributed by atoms with Crippen molar-refractivity contribution in [3.8, 4) is 49.1 Å². The average Bonchev–Trinajstić information content (AvgIpc) is 1.65. The number of aliphatic hydroxyl groups is 2. The van der Waals surface area contributed by atoms with E-state index in [-0.39, 0.29) is 64.2 Å². The Kier molecular flexibility index (Phi) is 20.8. The standard InChI is InChI=1S/C65H65N15O11S6/c1-30-48(82)24-80-52(30)62-78-46(29-96-62)60-74-42(25-94-60)51-37(17-18-39(71-51)59-77-43(28-95-59)54(85)70-35-13-11-34(12-14-35)64(89)90)57-75-44(26-92-57)55(86)72-40(23-49(66)83)61-79-50(31(2)97-61)47(81)22-38(53(84)33-7-4-3-5-8-33)58-76-45(27-93-58)56(87)73-41(63(80)88)21-32-9-15-36(16-10-32)91-20-6-19-69-65(67)68/h3-5,7-10,15-18,25-30,34-35,38,40-41,48,52-53,82,84H,6,11-14,19-24H2,1-2H3,(H2,66,83)(H,70,85)(H,72,86)(H,73,87)(H,89,90)(H4,67,68,69)/t30-,34?,35?,38-,40-,41-,48-,52-,53+/m0/s1. The number of aliphatic carboxylic acids is 1. The van der Waals surface area contributed by atoms with Gasteiger partial charge in [-0.3, -0.25) is 39.0 Å². The van der Waals surface area contributed by atoms with Crippen molar-refractivity contribution in [1.82, 2.24) is 61.1 Å². The Bertz CT molecular complexity index is 4430. The van der Waals surface area contributed by atoms with Crippen LogP contribution in [0.5, 0.6) is 5.75 Å². The van der Waals surface area contributed by atoms with Crippen molar-refractivity contribution in [2.75, 3.05) is 19.7 Å². The first-order valence-corrected chi connectivity index (χ1v) is 36.2. The number of thiazole rings is 6. The molecule has 97 heavy (non-hydrogen) atoms. The number of pyridine rings is 1. The Morgan fingerprint density at radius 1 is 0.732 bits per heavy atom. The fraction of sp³-hybridized carbons (Fsp3) is 0.338.